The third kappa shape index (κ3) is 3.78. The summed E-state index contributed by atoms with van der Waals surface area (Å²) in [4.78, 5) is 16.5. The van der Waals surface area contributed by atoms with Gasteiger partial charge in [-0.05, 0) is 12.7 Å². The van der Waals surface area contributed by atoms with E-state index in [0.717, 1.165) is 12.2 Å². The molecular formula is C10H18N4OS2. The second-order valence-corrected chi connectivity index (χ2v) is 5.43. The number of carbonyl (C=O) groups excluding carboxylic acids is 1. The Morgan fingerprint density at radius 2 is 2.35 bits per heavy atom. The van der Waals surface area contributed by atoms with Crippen molar-refractivity contribution in [1.29, 1.82) is 0 Å². The summed E-state index contributed by atoms with van der Waals surface area (Å²) in [6.45, 7) is 2.05. The fourth-order valence-corrected chi connectivity index (χ4v) is 2.78. The molecule has 1 unspecified atom stereocenters. The van der Waals surface area contributed by atoms with Crippen molar-refractivity contribution in [3.05, 3.63) is 4.88 Å². The summed E-state index contributed by atoms with van der Waals surface area (Å²) in [7, 11) is 1.75. The SMILES string of the molecule is CCC(CSC)NC(=O)c1sc(NC)nc1N. The monoisotopic (exact) mass is 274 g/mol. The first-order chi connectivity index (χ1) is 8.12. The van der Waals surface area contributed by atoms with E-state index in [0.29, 0.717) is 10.0 Å². The molecule has 0 fully saturated rings. The van der Waals surface area contributed by atoms with Crippen molar-refractivity contribution in [2.45, 2.75) is 19.4 Å². The van der Waals surface area contributed by atoms with Crippen LogP contribution >= 0.6 is 23.1 Å². The Labute approximate surface area is 110 Å². The van der Waals surface area contributed by atoms with Crippen molar-refractivity contribution in [1.82, 2.24) is 10.3 Å². The van der Waals surface area contributed by atoms with Gasteiger partial charge in [0.05, 0.1) is 0 Å². The molecule has 0 aromatic carbocycles. The lowest BCUT2D eigenvalue weighted by Crippen LogP contribution is -2.36. The highest BCUT2D eigenvalue weighted by Crippen LogP contribution is 2.24. The molecule has 17 heavy (non-hydrogen) atoms. The van der Waals surface area contributed by atoms with Crippen LogP contribution in [0.5, 0.6) is 0 Å². The molecule has 1 heterocycles. The Morgan fingerprint density at radius 1 is 1.65 bits per heavy atom. The van der Waals surface area contributed by atoms with Gasteiger partial charge < -0.3 is 16.4 Å². The van der Waals surface area contributed by atoms with E-state index >= 15 is 0 Å². The Hall–Kier alpha value is -0.950. The van der Waals surface area contributed by atoms with Crippen LogP contribution in [0, 0.1) is 0 Å². The van der Waals surface area contributed by atoms with Gasteiger partial charge in [0.15, 0.2) is 5.13 Å². The van der Waals surface area contributed by atoms with E-state index in [9.17, 15) is 4.79 Å². The molecule has 0 saturated heterocycles. The first-order valence-electron chi connectivity index (χ1n) is 5.36. The maximum absolute atomic E-state index is 12.0. The quantitative estimate of drug-likeness (QED) is 0.735. The van der Waals surface area contributed by atoms with Crippen LogP contribution in [0.25, 0.3) is 0 Å². The molecule has 5 nitrogen and oxygen atoms in total. The molecule has 0 aliphatic heterocycles. The molecule has 1 rings (SSSR count). The fourth-order valence-electron chi connectivity index (χ4n) is 1.32. The molecule has 1 atom stereocenters. The van der Waals surface area contributed by atoms with Crippen LogP contribution < -0.4 is 16.4 Å². The summed E-state index contributed by atoms with van der Waals surface area (Å²) in [5.41, 5.74) is 5.70. The minimum atomic E-state index is -0.137. The minimum Gasteiger partial charge on any atom is -0.382 e. The lowest BCUT2D eigenvalue weighted by atomic mass is 10.2. The topological polar surface area (TPSA) is 80.0 Å². The third-order valence-electron chi connectivity index (χ3n) is 2.27. The summed E-state index contributed by atoms with van der Waals surface area (Å²) in [5.74, 6) is 1.05. The van der Waals surface area contributed by atoms with Crippen LogP contribution in [0.1, 0.15) is 23.0 Å². The van der Waals surface area contributed by atoms with E-state index in [2.05, 4.69) is 22.5 Å². The third-order valence-corrected chi connectivity index (χ3v) is 4.09. The molecule has 0 radical (unpaired) electrons. The standard InChI is InChI=1S/C10H18N4OS2/c1-4-6(5-16-3)13-9(15)7-8(11)14-10(12-2)17-7/h6H,4-5,11H2,1-3H3,(H,12,14)(H,13,15). The molecule has 0 saturated carbocycles. The number of thioether (sulfide) groups is 1. The maximum atomic E-state index is 12.0. The van der Waals surface area contributed by atoms with E-state index < -0.39 is 0 Å². The van der Waals surface area contributed by atoms with Gasteiger partial charge in [-0.2, -0.15) is 11.8 Å². The summed E-state index contributed by atoms with van der Waals surface area (Å²) < 4.78 is 0. The van der Waals surface area contributed by atoms with Crippen LogP contribution in [-0.2, 0) is 0 Å². The number of rotatable bonds is 6. The molecule has 1 aromatic rings. The number of anilines is 2. The lowest BCUT2D eigenvalue weighted by molar-refractivity contribution is 0.0945. The normalized spacial score (nSPS) is 12.2. The first kappa shape index (κ1) is 14.1. The van der Waals surface area contributed by atoms with E-state index in [4.69, 9.17) is 5.73 Å². The minimum absolute atomic E-state index is 0.137. The summed E-state index contributed by atoms with van der Waals surface area (Å²) in [6, 6.07) is 0.178. The van der Waals surface area contributed by atoms with Gasteiger partial charge in [-0.15, -0.1) is 0 Å². The smallest absolute Gasteiger partial charge is 0.265 e. The highest BCUT2D eigenvalue weighted by molar-refractivity contribution is 7.98. The van der Waals surface area contributed by atoms with Gasteiger partial charge in [0.1, 0.15) is 10.7 Å². The van der Waals surface area contributed by atoms with Crippen molar-refractivity contribution in [2.75, 3.05) is 30.1 Å². The number of nitrogens with one attached hydrogen (secondary N) is 2. The summed E-state index contributed by atoms with van der Waals surface area (Å²) in [6.07, 6.45) is 2.93. The van der Waals surface area contributed by atoms with Crippen LogP contribution in [0.3, 0.4) is 0 Å². The largest absolute Gasteiger partial charge is 0.382 e. The van der Waals surface area contributed by atoms with Crippen molar-refractivity contribution < 1.29 is 4.79 Å². The van der Waals surface area contributed by atoms with E-state index in [1.54, 1.807) is 18.8 Å². The molecule has 7 heteroatoms. The van der Waals surface area contributed by atoms with Gasteiger partial charge in [-0.3, -0.25) is 4.79 Å². The molecule has 0 aliphatic rings. The van der Waals surface area contributed by atoms with Gasteiger partial charge in [0, 0.05) is 18.8 Å². The number of hydrogen-bond donors (Lipinski definition) is 3. The molecule has 1 amide bonds. The van der Waals surface area contributed by atoms with Gasteiger partial charge in [0.2, 0.25) is 0 Å². The van der Waals surface area contributed by atoms with Gasteiger partial charge in [-0.25, -0.2) is 4.98 Å². The number of aromatic nitrogens is 1. The van der Waals surface area contributed by atoms with Crippen LogP contribution in [0.15, 0.2) is 0 Å². The Morgan fingerprint density at radius 3 is 2.82 bits per heavy atom. The lowest BCUT2D eigenvalue weighted by Gasteiger charge is -2.14. The Bertz CT molecular complexity index is 380. The number of nitrogen functional groups attached to an aromatic ring is 1. The summed E-state index contributed by atoms with van der Waals surface area (Å²) in [5, 5.41) is 6.50. The fraction of sp³-hybridized carbons (Fsp3) is 0.600. The van der Waals surface area contributed by atoms with Crippen LogP contribution in [0.4, 0.5) is 10.9 Å². The van der Waals surface area contributed by atoms with Crippen molar-refractivity contribution in [3.63, 3.8) is 0 Å². The highest BCUT2D eigenvalue weighted by atomic mass is 32.2. The van der Waals surface area contributed by atoms with Crippen molar-refractivity contribution in [3.8, 4) is 0 Å². The zero-order chi connectivity index (χ0) is 12.8. The average Bonchev–Trinajstić information content (AvgIpc) is 2.70. The van der Waals surface area contributed by atoms with E-state index in [1.165, 1.54) is 11.3 Å². The average molecular weight is 274 g/mol. The summed E-state index contributed by atoms with van der Waals surface area (Å²) >= 11 is 2.99. The number of carbonyl (C=O) groups is 1. The number of hydrogen-bond acceptors (Lipinski definition) is 6. The molecule has 0 spiro atoms. The van der Waals surface area contributed by atoms with Crippen LogP contribution in [0.2, 0.25) is 0 Å². The molecule has 0 bridgehead atoms. The number of nitrogens with zero attached hydrogens (tertiary/aromatic N) is 1. The van der Waals surface area contributed by atoms with Crippen LogP contribution in [-0.4, -0.2) is 36.0 Å². The molecule has 1 aromatic heterocycles. The number of thiazole rings is 1. The number of amides is 1. The van der Waals surface area contributed by atoms with Crippen molar-refractivity contribution >= 4 is 40.0 Å². The predicted molar refractivity (Wildman–Crippen MR) is 76.0 cm³/mol. The predicted octanol–water partition coefficient (Wildman–Crippen LogP) is 1.64. The number of nitrogens with two attached hydrogens (primary N) is 1. The van der Waals surface area contributed by atoms with E-state index in [1.807, 2.05) is 6.26 Å². The second-order valence-electron chi connectivity index (χ2n) is 3.52. The molecule has 0 aliphatic carbocycles. The maximum Gasteiger partial charge on any atom is 0.265 e. The van der Waals surface area contributed by atoms with Gasteiger partial charge in [-0.1, -0.05) is 18.3 Å². The second kappa shape index (κ2) is 6.70. The Balaban J connectivity index is 2.71. The molecule has 96 valence electrons. The molecular weight excluding hydrogens is 256 g/mol. The zero-order valence-electron chi connectivity index (χ0n) is 10.2. The van der Waals surface area contributed by atoms with E-state index in [-0.39, 0.29) is 17.8 Å². The first-order valence-corrected chi connectivity index (χ1v) is 7.57. The van der Waals surface area contributed by atoms with Gasteiger partial charge in [0.25, 0.3) is 5.91 Å². The highest BCUT2D eigenvalue weighted by Gasteiger charge is 2.18. The van der Waals surface area contributed by atoms with Crippen molar-refractivity contribution in [2.24, 2.45) is 0 Å². The molecule has 4 N–H and O–H groups in total. The Kier molecular flexibility index (Phi) is 5.57. The zero-order valence-corrected chi connectivity index (χ0v) is 11.9. The van der Waals surface area contributed by atoms with Gasteiger partial charge >= 0.3 is 0 Å².